The zero-order valence-corrected chi connectivity index (χ0v) is 27.4. The maximum absolute atomic E-state index is 13.4. The van der Waals surface area contributed by atoms with Gasteiger partial charge >= 0.3 is 12.4 Å². The van der Waals surface area contributed by atoms with Crippen LogP contribution < -0.4 is 10.6 Å². The SMILES string of the molecule is C/C=C\C(=C/CCNCCN(CC)CN(CC)C(CNC(=O)c1cc(C(F)(F)F)cc(C(F)(F)F)c1)c1ccc(C)c(C)c1)OC. The molecule has 1 amide bonds. The van der Waals surface area contributed by atoms with Crippen molar-refractivity contribution in [1.29, 1.82) is 0 Å². The second kappa shape index (κ2) is 18.1. The highest BCUT2D eigenvalue weighted by atomic mass is 19.4. The van der Waals surface area contributed by atoms with Crippen LogP contribution in [-0.2, 0) is 17.1 Å². The highest BCUT2D eigenvalue weighted by molar-refractivity contribution is 5.94. The number of carbonyl (C=O) groups excluding carboxylic acids is 1. The number of aryl methyl sites for hydroxylation is 2. The standard InChI is InChI=1S/C34H46F6N4O2/c1-7-11-30(46-6)12-10-15-41-16-17-43(8-2)23-44(9-3)31(26-14-13-24(4)25(5)18-26)22-42-32(45)27-19-28(33(35,36)37)21-29(20-27)34(38,39)40/h7,11-14,18-21,31,41H,8-10,15-17,22-23H2,1-6H3,(H,42,45)/b11-7-,30-12+. The monoisotopic (exact) mass is 656 g/mol. The van der Waals surface area contributed by atoms with Gasteiger partial charge in [-0.3, -0.25) is 14.6 Å². The summed E-state index contributed by atoms with van der Waals surface area (Å²) in [7, 11) is 1.63. The molecule has 2 N–H and O–H groups in total. The van der Waals surface area contributed by atoms with E-state index in [9.17, 15) is 31.1 Å². The number of allylic oxidation sites excluding steroid dienone is 2. The summed E-state index contributed by atoms with van der Waals surface area (Å²) in [5.41, 5.74) is -0.807. The van der Waals surface area contributed by atoms with Crippen LogP contribution in [0.2, 0.25) is 0 Å². The first-order valence-corrected chi connectivity index (χ1v) is 15.3. The Bertz CT molecular complexity index is 1290. The maximum atomic E-state index is 13.4. The van der Waals surface area contributed by atoms with Crippen LogP contribution in [0.3, 0.4) is 0 Å². The quantitative estimate of drug-likeness (QED) is 0.0608. The molecule has 0 aliphatic heterocycles. The normalized spacial score (nSPS) is 13.6. The van der Waals surface area contributed by atoms with E-state index in [1.54, 1.807) is 7.11 Å². The van der Waals surface area contributed by atoms with E-state index in [2.05, 4.69) is 20.4 Å². The number of nitrogens with zero attached hydrogens (tertiary/aromatic N) is 2. The highest BCUT2D eigenvalue weighted by Crippen LogP contribution is 2.36. The van der Waals surface area contributed by atoms with Gasteiger partial charge < -0.3 is 15.4 Å². The minimum atomic E-state index is -5.05. The number of hydrogen-bond acceptors (Lipinski definition) is 5. The Kier molecular flexibility index (Phi) is 15.3. The number of likely N-dealkylation sites (N-methyl/N-ethyl adjacent to an activating group) is 2. The smallest absolute Gasteiger partial charge is 0.416 e. The number of methoxy groups -OCH3 is 1. The van der Waals surface area contributed by atoms with Crippen LogP contribution in [0.25, 0.3) is 0 Å². The van der Waals surface area contributed by atoms with Crippen molar-refractivity contribution in [3.8, 4) is 0 Å². The molecule has 256 valence electrons. The van der Waals surface area contributed by atoms with Gasteiger partial charge in [0.05, 0.1) is 30.9 Å². The van der Waals surface area contributed by atoms with Crippen molar-refractivity contribution in [3.05, 3.63) is 93.8 Å². The van der Waals surface area contributed by atoms with Crippen molar-refractivity contribution in [3.63, 3.8) is 0 Å². The summed E-state index contributed by atoms with van der Waals surface area (Å²) in [6.45, 7) is 13.9. The molecule has 0 aliphatic carbocycles. The lowest BCUT2D eigenvalue weighted by molar-refractivity contribution is -0.143. The fourth-order valence-electron chi connectivity index (χ4n) is 4.87. The predicted octanol–water partition coefficient (Wildman–Crippen LogP) is 7.50. The van der Waals surface area contributed by atoms with E-state index < -0.39 is 41.0 Å². The molecule has 0 saturated carbocycles. The zero-order valence-electron chi connectivity index (χ0n) is 27.4. The van der Waals surface area contributed by atoms with Crippen molar-refractivity contribution >= 4 is 5.91 Å². The molecular formula is C34H46F6N4O2. The lowest BCUT2D eigenvalue weighted by Gasteiger charge is -2.36. The van der Waals surface area contributed by atoms with Gasteiger partial charge in [-0.1, -0.05) is 38.1 Å². The Morgan fingerprint density at radius 3 is 2.11 bits per heavy atom. The number of benzene rings is 2. The van der Waals surface area contributed by atoms with Crippen molar-refractivity contribution in [1.82, 2.24) is 20.4 Å². The molecule has 12 heteroatoms. The van der Waals surface area contributed by atoms with Crippen molar-refractivity contribution in [2.45, 2.75) is 59.4 Å². The van der Waals surface area contributed by atoms with E-state index in [0.717, 1.165) is 55.0 Å². The molecule has 0 bridgehead atoms. The van der Waals surface area contributed by atoms with Gasteiger partial charge in [-0.15, -0.1) is 0 Å². The van der Waals surface area contributed by atoms with Crippen LogP contribution in [0.15, 0.2) is 60.4 Å². The first kappa shape index (κ1) is 38.8. The first-order chi connectivity index (χ1) is 21.6. The summed E-state index contributed by atoms with van der Waals surface area (Å²) in [5, 5.41) is 6.04. The van der Waals surface area contributed by atoms with Gasteiger partial charge in [0, 0.05) is 25.2 Å². The summed E-state index contributed by atoms with van der Waals surface area (Å²) in [5.74, 6) is -0.213. The number of nitrogens with one attached hydrogen (secondary N) is 2. The molecule has 2 aromatic rings. The Balaban J connectivity index is 2.23. The molecule has 1 atom stereocenters. The average molecular weight is 657 g/mol. The molecule has 0 fully saturated rings. The van der Waals surface area contributed by atoms with Crippen LogP contribution in [0.1, 0.15) is 71.4 Å². The van der Waals surface area contributed by atoms with E-state index in [-0.39, 0.29) is 12.6 Å². The topological polar surface area (TPSA) is 56.8 Å². The number of rotatable bonds is 17. The molecule has 0 spiro atoms. The third-order valence-electron chi connectivity index (χ3n) is 7.74. The minimum absolute atomic E-state index is 0.0129. The van der Waals surface area contributed by atoms with E-state index >= 15 is 0 Å². The van der Waals surface area contributed by atoms with Gasteiger partial charge in [-0.05, 0) is 93.9 Å². The Hall–Kier alpha value is -3.35. The number of halogens is 6. The predicted molar refractivity (Wildman–Crippen MR) is 169 cm³/mol. The fraction of sp³-hybridized carbons (Fsp3) is 0.500. The van der Waals surface area contributed by atoms with Crippen LogP contribution >= 0.6 is 0 Å². The summed E-state index contributed by atoms with van der Waals surface area (Å²) >= 11 is 0. The number of carbonyl (C=O) groups is 1. The van der Waals surface area contributed by atoms with E-state index in [0.29, 0.717) is 25.3 Å². The Morgan fingerprint density at radius 2 is 1.59 bits per heavy atom. The molecule has 0 saturated heterocycles. The largest absolute Gasteiger partial charge is 0.497 e. The molecule has 6 nitrogen and oxygen atoms in total. The summed E-state index contributed by atoms with van der Waals surface area (Å²) < 4.78 is 85.8. The van der Waals surface area contributed by atoms with Gasteiger partial charge in [-0.25, -0.2) is 0 Å². The second-order valence-corrected chi connectivity index (χ2v) is 11.0. The van der Waals surface area contributed by atoms with Crippen LogP contribution in [0.4, 0.5) is 26.3 Å². The van der Waals surface area contributed by atoms with Gasteiger partial charge in [0.2, 0.25) is 0 Å². The molecule has 2 rings (SSSR count). The summed E-state index contributed by atoms with van der Waals surface area (Å²) in [4.78, 5) is 17.4. The lowest BCUT2D eigenvalue weighted by atomic mass is 9.99. The average Bonchev–Trinajstić information content (AvgIpc) is 3.00. The van der Waals surface area contributed by atoms with Crippen molar-refractivity contribution < 1.29 is 35.9 Å². The van der Waals surface area contributed by atoms with Crippen LogP contribution in [-0.4, -0.2) is 68.8 Å². The summed E-state index contributed by atoms with van der Waals surface area (Å²) in [6, 6.07) is 6.40. The number of ether oxygens (including phenoxy) is 1. The van der Waals surface area contributed by atoms with Crippen molar-refractivity contribution in [2.24, 2.45) is 0 Å². The van der Waals surface area contributed by atoms with E-state index in [1.165, 1.54) is 0 Å². The first-order valence-electron chi connectivity index (χ1n) is 15.3. The van der Waals surface area contributed by atoms with Gasteiger partial charge in [0.25, 0.3) is 5.91 Å². The fourth-order valence-corrected chi connectivity index (χ4v) is 4.87. The van der Waals surface area contributed by atoms with Crippen LogP contribution in [0.5, 0.6) is 0 Å². The van der Waals surface area contributed by atoms with Gasteiger partial charge in [0.1, 0.15) is 5.76 Å². The highest BCUT2D eigenvalue weighted by Gasteiger charge is 2.37. The summed E-state index contributed by atoms with van der Waals surface area (Å²) in [6.07, 6.45) is -3.49. The molecule has 2 aromatic carbocycles. The molecule has 1 unspecified atom stereocenters. The number of hydrogen-bond donors (Lipinski definition) is 2. The van der Waals surface area contributed by atoms with Gasteiger partial charge in [0.15, 0.2) is 0 Å². The van der Waals surface area contributed by atoms with E-state index in [4.69, 9.17) is 4.74 Å². The van der Waals surface area contributed by atoms with Crippen LogP contribution in [0, 0.1) is 13.8 Å². The molecule has 0 aliphatic rings. The minimum Gasteiger partial charge on any atom is -0.497 e. The van der Waals surface area contributed by atoms with E-state index in [1.807, 2.05) is 71.0 Å². The number of amides is 1. The molecule has 46 heavy (non-hydrogen) atoms. The third kappa shape index (κ3) is 12.1. The third-order valence-corrected chi connectivity index (χ3v) is 7.74. The zero-order chi connectivity index (χ0) is 34.5. The molecular weight excluding hydrogens is 610 g/mol. The van der Waals surface area contributed by atoms with Gasteiger partial charge in [-0.2, -0.15) is 26.3 Å². The molecule has 0 aromatic heterocycles. The maximum Gasteiger partial charge on any atom is 0.416 e. The van der Waals surface area contributed by atoms with Crippen molar-refractivity contribution in [2.75, 3.05) is 53.0 Å². The molecule has 0 radical (unpaired) electrons. The molecule has 0 heterocycles. The Morgan fingerprint density at radius 1 is 0.935 bits per heavy atom. The Labute approximate surface area is 268 Å². The lowest BCUT2D eigenvalue weighted by Crippen LogP contribution is -2.45. The number of alkyl halides is 6. The second-order valence-electron chi connectivity index (χ2n) is 11.0.